The Balaban J connectivity index is 3.08. The van der Waals surface area contributed by atoms with Crippen molar-refractivity contribution in [3.8, 4) is 0 Å². The van der Waals surface area contributed by atoms with Gasteiger partial charge in [-0.15, -0.1) is 0 Å². The molecule has 5 nitrogen and oxygen atoms in total. The van der Waals surface area contributed by atoms with Gasteiger partial charge in [-0.1, -0.05) is 68.2 Å². The summed E-state index contributed by atoms with van der Waals surface area (Å²) in [5.41, 5.74) is 0.111. The average molecular weight is 411 g/mol. The molecule has 0 radical (unpaired) electrons. The molecule has 0 aliphatic heterocycles. The molecule has 0 aromatic heterocycles. The number of thioether (sulfide) groups is 1. The van der Waals surface area contributed by atoms with Gasteiger partial charge in [0.05, 0.1) is 15.0 Å². The van der Waals surface area contributed by atoms with Crippen molar-refractivity contribution in [2.75, 3.05) is 13.6 Å². The third kappa shape index (κ3) is 6.59. The largest absolute Gasteiger partial charge is 0.392 e. The van der Waals surface area contributed by atoms with Gasteiger partial charge in [-0.3, -0.25) is 9.59 Å². The van der Waals surface area contributed by atoms with Crippen LogP contribution in [-0.4, -0.2) is 45.6 Å². The highest BCUT2D eigenvalue weighted by atomic mass is 32.2. The van der Waals surface area contributed by atoms with E-state index in [0.29, 0.717) is 17.0 Å². The summed E-state index contributed by atoms with van der Waals surface area (Å²) in [5, 5.41) is 14.9. The SMILES string of the molecule is CCC(C)(CC(C)(SC(=S)c1ccccc1)C(=O)NC)C(=O)NCC(C)O. The first-order valence-electron chi connectivity index (χ1n) is 9.05. The molecule has 3 atom stereocenters. The van der Waals surface area contributed by atoms with E-state index in [1.165, 1.54) is 11.8 Å². The summed E-state index contributed by atoms with van der Waals surface area (Å²) in [6.07, 6.45) is 0.254. The van der Waals surface area contributed by atoms with Gasteiger partial charge >= 0.3 is 0 Å². The zero-order valence-electron chi connectivity index (χ0n) is 16.7. The van der Waals surface area contributed by atoms with Gasteiger partial charge in [0.2, 0.25) is 11.8 Å². The Morgan fingerprint density at radius 2 is 1.81 bits per heavy atom. The monoisotopic (exact) mass is 410 g/mol. The van der Waals surface area contributed by atoms with Crippen molar-refractivity contribution in [1.82, 2.24) is 10.6 Å². The van der Waals surface area contributed by atoms with Crippen LogP contribution in [0.15, 0.2) is 30.3 Å². The van der Waals surface area contributed by atoms with Crippen LogP contribution in [0.3, 0.4) is 0 Å². The minimum absolute atomic E-state index is 0.172. The molecule has 0 fully saturated rings. The molecule has 27 heavy (non-hydrogen) atoms. The molecule has 3 N–H and O–H groups in total. The van der Waals surface area contributed by atoms with Crippen molar-refractivity contribution in [3.63, 3.8) is 0 Å². The third-order valence-electron chi connectivity index (χ3n) is 4.65. The lowest BCUT2D eigenvalue weighted by molar-refractivity contribution is -0.132. The fourth-order valence-corrected chi connectivity index (χ4v) is 4.77. The number of hydrogen-bond acceptors (Lipinski definition) is 5. The number of carbonyl (C=O) groups excluding carboxylic acids is 2. The fourth-order valence-electron chi connectivity index (χ4n) is 2.83. The van der Waals surface area contributed by atoms with E-state index in [4.69, 9.17) is 12.2 Å². The molecular formula is C20H30N2O3S2. The van der Waals surface area contributed by atoms with Crippen molar-refractivity contribution < 1.29 is 14.7 Å². The Kier molecular flexibility index (Phi) is 8.91. The molecule has 0 aliphatic rings. The van der Waals surface area contributed by atoms with E-state index in [2.05, 4.69) is 10.6 Å². The van der Waals surface area contributed by atoms with Crippen LogP contribution in [-0.2, 0) is 9.59 Å². The van der Waals surface area contributed by atoms with Gasteiger partial charge in [-0.25, -0.2) is 0 Å². The second kappa shape index (κ2) is 10.2. The van der Waals surface area contributed by atoms with Crippen molar-refractivity contribution in [3.05, 3.63) is 35.9 Å². The summed E-state index contributed by atoms with van der Waals surface area (Å²) >= 11 is 6.87. The molecule has 0 spiro atoms. The second-order valence-electron chi connectivity index (χ2n) is 7.22. The van der Waals surface area contributed by atoms with E-state index in [-0.39, 0.29) is 18.4 Å². The first kappa shape index (κ1) is 23.6. The van der Waals surface area contributed by atoms with E-state index < -0.39 is 16.3 Å². The van der Waals surface area contributed by atoms with E-state index in [9.17, 15) is 14.7 Å². The standard InChI is InChI=1S/C20H30N2O3S2/c1-6-19(3,17(24)22-12-14(2)23)13-20(4,18(25)21-5)27-16(26)15-10-8-7-9-11-15/h7-11,14,23H,6,12-13H2,1-5H3,(H,21,25)(H,22,24). The van der Waals surface area contributed by atoms with E-state index in [1.54, 1.807) is 14.0 Å². The molecule has 7 heteroatoms. The number of rotatable bonds is 9. The summed E-state index contributed by atoms with van der Waals surface area (Å²) in [7, 11) is 1.59. The Morgan fingerprint density at radius 1 is 1.22 bits per heavy atom. The van der Waals surface area contributed by atoms with E-state index >= 15 is 0 Å². The van der Waals surface area contributed by atoms with Crippen molar-refractivity contribution in [2.45, 2.75) is 51.4 Å². The minimum atomic E-state index is -0.908. The maximum Gasteiger partial charge on any atom is 0.236 e. The molecule has 0 saturated carbocycles. The van der Waals surface area contributed by atoms with Crippen LogP contribution in [0.4, 0.5) is 0 Å². The molecule has 3 unspecified atom stereocenters. The minimum Gasteiger partial charge on any atom is -0.392 e. The van der Waals surface area contributed by atoms with Crippen LogP contribution < -0.4 is 10.6 Å². The van der Waals surface area contributed by atoms with Crippen LogP contribution >= 0.6 is 24.0 Å². The molecule has 1 aromatic rings. The van der Waals surface area contributed by atoms with Gasteiger partial charge < -0.3 is 15.7 Å². The summed E-state index contributed by atoms with van der Waals surface area (Å²) in [6.45, 7) is 7.39. The van der Waals surface area contributed by atoms with Crippen LogP contribution in [0, 0.1) is 5.41 Å². The van der Waals surface area contributed by atoms with Crippen LogP contribution in [0.1, 0.15) is 46.1 Å². The highest BCUT2D eigenvalue weighted by Crippen LogP contribution is 2.41. The highest BCUT2D eigenvalue weighted by Gasteiger charge is 2.44. The first-order valence-corrected chi connectivity index (χ1v) is 10.3. The van der Waals surface area contributed by atoms with Crippen molar-refractivity contribution >= 4 is 40.0 Å². The van der Waals surface area contributed by atoms with E-state index in [0.717, 1.165) is 5.56 Å². The number of carbonyl (C=O) groups is 2. The summed E-state index contributed by atoms with van der Waals surface area (Å²) in [6, 6.07) is 9.54. The Hall–Kier alpha value is -1.44. The lowest BCUT2D eigenvalue weighted by Gasteiger charge is -2.36. The zero-order chi connectivity index (χ0) is 20.7. The van der Waals surface area contributed by atoms with Crippen LogP contribution in [0.2, 0.25) is 0 Å². The van der Waals surface area contributed by atoms with Crippen molar-refractivity contribution in [2.24, 2.45) is 5.41 Å². The number of aliphatic hydroxyl groups excluding tert-OH is 1. The van der Waals surface area contributed by atoms with Gasteiger partial charge in [-0.05, 0) is 32.3 Å². The second-order valence-corrected chi connectivity index (χ2v) is 9.40. The molecule has 1 rings (SSSR count). The molecule has 0 saturated heterocycles. The average Bonchev–Trinajstić information content (AvgIpc) is 2.65. The van der Waals surface area contributed by atoms with Gasteiger partial charge in [0.15, 0.2) is 0 Å². The number of hydrogen-bond donors (Lipinski definition) is 3. The number of benzene rings is 1. The van der Waals surface area contributed by atoms with Crippen LogP contribution in [0.25, 0.3) is 0 Å². The highest BCUT2D eigenvalue weighted by molar-refractivity contribution is 8.25. The molecular weight excluding hydrogens is 380 g/mol. The smallest absolute Gasteiger partial charge is 0.236 e. The lowest BCUT2D eigenvalue weighted by atomic mass is 9.77. The summed E-state index contributed by atoms with van der Waals surface area (Å²) < 4.78 is -0.293. The van der Waals surface area contributed by atoms with E-state index in [1.807, 2.05) is 51.1 Å². The molecule has 0 heterocycles. The van der Waals surface area contributed by atoms with Crippen LogP contribution in [0.5, 0.6) is 0 Å². The number of nitrogens with one attached hydrogen (secondary N) is 2. The quantitative estimate of drug-likeness (QED) is 0.546. The maximum atomic E-state index is 12.7. The zero-order valence-corrected chi connectivity index (χ0v) is 18.3. The molecule has 0 bridgehead atoms. The normalized spacial score (nSPS) is 16.5. The predicted molar refractivity (Wildman–Crippen MR) is 116 cm³/mol. The van der Waals surface area contributed by atoms with Gasteiger partial charge in [0.25, 0.3) is 0 Å². The number of amides is 2. The Labute approximate surface area is 171 Å². The molecule has 1 aromatic carbocycles. The summed E-state index contributed by atoms with van der Waals surface area (Å²) in [4.78, 5) is 25.5. The first-order chi connectivity index (χ1) is 12.6. The number of thiocarbonyl (C=S) groups is 1. The van der Waals surface area contributed by atoms with Crippen molar-refractivity contribution in [1.29, 1.82) is 0 Å². The summed E-state index contributed by atoms with van der Waals surface area (Å²) in [5.74, 6) is -0.346. The predicted octanol–water partition coefficient (Wildman–Crippen LogP) is 2.90. The lowest BCUT2D eigenvalue weighted by Crippen LogP contribution is -2.49. The maximum absolute atomic E-state index is 12.7. The third-order valence-corrected chi connectivity index (χ3v) is 6.34. The molecule has 150 valence electrons. The van der Waals surface area contributed by atoms with Gasteiger partial charge in [0.1, 0.15) is 0 Å². The fraction of sp³-hybridized carbons (Fsp3) is 0.550. The Bertz CT molecular complexity index is 666. The van der Waals surface area contributed by atoms with Gasteiger partial charge in [0, 0.05) is 19.0 Å². The molecule has 2 amide bonds. The Morgan fingerprint density at radius 3 is 2.30 bits per heavy atom. The van der Waals surface area contributed by atoms with Gasteiger partial charge in [-0.2, -0.15) is 0 Å². The topological polar surface area (TPSA) is 78.4 Å². The molecule has 0 aliphatic carbocycles. The number of aliphatic hydroxyl groups is 1.